The Hall–Kier alpha value is -0.700. The molecule has 0 aliphatic heterocycles. The van der Waals surface area contributed by atoms with Crippen LogP contribution in [0.3, 0.4) is 0 Å². The molecule has 0 bridgehead atoms. The van der Waals surface area contributed by atoms with Gasteiger partial charge in [0.05, 0.1) is 9.99 Å². The molecule has 0 atom stereocenters. The first kappa shape index (κ1) is 12.4. The lowest BCUT2D eigenvalue weighted by atomic mass is 10.1. The summed E-state index contributed by atoms with van der Waals surface area (Å²) in [5.74, 6) is 5.73. The summed E-state index contributed by atoms with van der Waals surface area (Å²) >= 11 is 2.12. The molecule has 0 N–H and O–H groups in total. The molecule has 0 heterocycles. The summed E-state index contributed by atoms with van der Waals surface area (Å²) in [6.45, 7) is 0. The number of hydrogen-bond acceptors (Lipinski definition) is 0. The highest BCUT2D eigenvalue weighted by atomic mass is 127. The summed E-state index contributed by atoms with van der Waals surface area (Å²) in [4.78, 5) is 0. The van der Waals surface area contributed by atoms with Crippen molar-refractivity contribution in [3.63, 3.8) is 0 Å². The van der Waals surface area contributed by atoms with E-state index in [1.165, 1.54) is 12.1 Å². The van der Waals surface area contributed by atoms with E-state index in [1.807, 2.05) is 0 Å². The van der Waals surface area contributed by atoms with Gasteiger partial charge < -0.3 is 0 Å². The van der Waals surface area contributed by atoms with Gasteiger partial charge >= 0.3 is 6.18 Å². The van der Waals surface area contributed by atoms with Gasteiger partial charge in [-0.25, -0.2) is 0 Å². The quantitative estimate of drug-likeness (QED) is 0.420. The topological polar surface area (TPSA) is 0 Å². The first-order valence-corrected chi connectivity index (χ1v) is 5.74. The zero-order valence-electron chi connectivity index (χ0n) is 7.74. The lowest BCUT2D eigenvalue weighted by Gasteiger charge is -2.06. The molecule has 1 aromatic carbocycles. The van der Waals surface area contributed by atoms with Crippen LogP contribution in [0.1, 0.15) is 11.1 Å². The van der Waals surface area contributed by atoms with Crippen LogP contribution in [0.5, 0.6) is 0 Å². The molecule has 1 rings (SSSR count). The number of alkyl halides is 4. The molecule has 0 fully saturated rings. The van der Waals surface area contributed by atoms with Crippen LogP contribution in [-0.4, -0.2) is 4.43 Å². The maximum atomic E-state index is 12.2. The van der Waals surface area contributed by atoms with Crippen LogP contribution in [0.25, 0.3) is 0 Å². The fourth-order valence-electron chi connectivity index (χ4n) is 1.02. The van der Waals surface area contributed by atoms with Crippen LogP contribution < -0.4 is 0 Å². The second-order valence-corrected chi connectivity index (χ2v) is 3.62. The molecule has 0 amide bonds. The molecule has 0 aromatic heterocycles. The van der Waals surface area contributed by atoms with Gasteiger partial charge in [0.15, 0.2) is 0 Å². The summed E-state index contributed by atoms with van der Waals surface area (Å²) in [6, 6.07) is 5.09. The molecular weight excluding hydrogens is 316 g/mol. The Balaban J connectivity index is 2.73. The third kappa shape index (κ3) is 4.12. The van der Waals surface area contributed by atoms with Crippen LogP contribution in [0.15, 0.2) is 24.3 Å². The molecule has 15 heavy (non-hydrogen) atoms. The molecule has 1 aromatic rings. The number of hydrogen-bond donors (Lipinski definition) is 0. The molecule has 0 saturated heterocycles. The van der Waals surface area contributed by atoms with E-state index in [9.17, 15) is 13.2 Å². The van der Waals surface area contributed by atoms with Gasteiger partial charge in [-0.1, -0.05) is 46.6 Å². The van der Waals surface area contributed by atoms with E-state index in [0.717, 1.165) is 22.1 Å². The molecule has 0 aliphatic carbocycles. The standard InChI is InChI=1S/C11H8F3I/c12-11(13,14)10-6-4-9(5-7-10)3-1-2-8-15/h4-7H,3,8H2. The Labute approximate surface area is 100 Å². The van der Waals surface area contributed by atoms with E-state index in [4.69, 9.17) is 0 Å². The maximum absolute atomic E-state index is 12.2. The zero-order valence-corrected chi connectivity index (χ0v) is 9.89. The van der Waals surface area contributed by atoms with Crippen molar-refractivity contribution in [2.45, 2.75) is 12.6 Å². The van der Waals surface area contributed by atoms with Gasteiger partial charge in [0, 0.05) is 6.42 Å². The van der Waals surface area contributed by atoms with Crippen molar-refractivity contribution < 1.29 is 13.2 Å². The number of rotatable bonds is 1. The molecule has 0 radical (unpaired) electrons. The summed E-state index contributed by atoms with van der Waals surface area (Å²) in [6.07, 6.45) is -3.76. The van der Waals surface area contributed by atoms with Crippen LogP contribution in [0.4, 0.5) is 13.2 Å². The maximum Gasteiger partial charge on any atom is 0.416 e. The number of halogens is 4. The molecule has 0 unspecified atom stereocenters. The van der Waals surface area contributed by atoms with Crippen molar-refractivity contribution in [2.24, 2.45) is 0 Å². The van der Waals surface area contributed by atoms with E-state index in [0.29, 0.717) is 6.42 Å². The third-order valence-corrected chi connectivity index (χ3v) is 2.15. The van der Waals surface area contributed by atoms with Crippen LogP contribution in [-0.2, 0) is 12.6 Å². The van der Waals surface area contributed by atoms with Gasteiger partial charge in [-0.15, -0.1) is 0 Å². The average Bonchev–Trinajstić information content (AvgIpc) is 2.18. The summed E-state index contributed by atoms with van der Waals surface area (Å²) in [5, 5.41) is 0. The van der Waals surface area contributed by atoms with Crippen molar-refractivity contribution in [3.05, 3.63) is 35.4 Å². The van der Waals surface area contributed by atoms with E-state index in [2.05, 4.69) is 34.4 Å². The van der Waals surface area contributed by atoms with Gasteiger partial charge in [0.25, 0.3) is 0 Å². The Morgan fingerprint density at radius 3 is 2.13 bits per heavy atom. The van der Waals surface area contributed by atoms with Crippen molar-refractivity contribution in [1.82, 2.24) is 0 Å². The first-order valence-electron chi connectivity index (χ1n) is 4.22. The zero-order chi connectivity index (χ0) is 11.3. The fourth-order valence-corrected chi connectivity index (χ4v) is 1.29. The predicted molar refractivity (Wildman–Crippen MR) is 61.8 cm³/mol. The normalized spacial score (nSPS) is 10.7. The van der Waals surface area contributed by atoms with Crippen molar-refractivity contribution in [3.8, 4) is 11.8 Å². The highest BCUT2D eigenvalue weighted by Gasteiger charge is 2.29. The fraction of sp³-hybridized carbons (Fsp3) is 0.273. The lowest BCUT2D eigenvalue weighted by Crippen LogP contribution is -2.04. The lowest BCUT2D eigenvalue weighted by molar-refractivity contribution is -0.137. The smallest absolute Gasteiger partial charge is 0.166 e. The minimum Gasteiger partial charge on any atom is -0.166 e. The Bertz CT molecular complexity index is 368. The summed E-state index contributed by atoms with van der Waals surface area (Å²) in [5.41, 5.74) is 0.188. The predicted octanol–water partition coefficient (Wildman–Crippen LogP) is 3.69. The SMILES string of the molecule is FC(F)(F)c1ccc(CC#CCI)cc1. The largest absolute Gasteiger partial charge is 0.416 e. The molecular formula is C11H8F3I. The molecule has 0 saturated carbocycles. The second-order valence-electron chi connectivity index (χ2n) is 2.86. The van der Waals surface area contributed by atoms with E-state index in [-0.39, 0.29) is 0 Å². The molecule has 0 spiro atoms. The van der Waals surface area contributed by atoms with E-state index >= 15 is 0 Å². The number of benzene rings is 1. The highest BCUT2D eigenvalue weighted by molar-refractivity contribution is 14.1. The Morgan fingerprint density at radius 1 is 1.07 bits per heavy atom. The van der Waals surface area contributed by atoms with E-state index in [1.54, 1.807) is 0 Å². The Kier molecular flexibility index (Phi) is 4.45. The van der Waals surface area contributed by atoms with Gasteiger partial charge in [-0.05, 0) is 17.7 Å². The van der Waals surface area contributed by atoms with Crippen LogP contribution in [0, 0.1) is 11.8 Å². The minimum absolute atomic E-state index is 0.501. The van der Waals surface area contributed by atoms with Crippen molar-refractivity contribution >= 4 is 22.6 Å². The summed E-state index contributed by atoms with van der Waals surface area (Å²) < 4.78 is 37.3. The van der Waals surface area contributed by atoms with Crippen molar-refractivity contribution in [2.75, 3.05) is 4.43 Å². The first-order chi connectivity index (χ1) is 7.04. The minimum atomic E-state index is -4.26. The van der Waals surface area contributed by atoms with Gasteiger partial charge in [0.2, 0.25) is 0 Å². The monoisotopic (exact) mass is 324 g/mol. The van der Waals surface area contributed by atoms with Gasteiger partial charge in [-0.3, -0.25) is 0 Å². The molecule has 0 nitrogen and oxygen atoms in total. The van der Waals surface area contributed by atoms with Crippen LogP contribution in [0.2, 0.25) is 0 Å². The third-order valence-electron chi connectivity index (χ3n) is 1.77. The Morgan fingerprint density at radius 2 is 1.67 bits per heavy atom. The van der Waals surface area contributed by atoms with E-state index < -0.39 is 11.7 Å². The molecule has 4 heteroatoms. The second kappa shape index (κ2) is 5.40. The average molecular weight is 324 g/mol. The van der Waals surface area contributed by atoms with Crippen LogP contribution >= 0.6 is 22.6 Å². The van der Waals surface area contributed by atoms with Crippen molar-refractivity contribution in [1.29, 1.82) is 0 Å². The van der Waals surface area contributed by atoms with Gasteiger partial charge in [-0.2, -0.15) is 13.2 Å². The molecule has 0 aliphatic rings. The molecule has 80 valence electrons. The van der Waals surface area contributed by atoms with Gasteiger partial charge in [0.1, 0.15) is 0 Å². The summed E-state index contributed by atoms with van der Waals surface area (Å²) in [7, 11) is 0. The highest BCUT2D eigenvalue weighted by Crippen LogP contribution is 2.29.